The summed E-state index contributed by atoms with van der Waals surface area (Å²) in [5, 5.41) is 2.85. The third-order valence-corrected chi connectivity index (χ3v) is 3.88. The molecule has 3 rings (SSSR count). The van der Waals surface area contributed by atoms with Gasteiger partial charge in [-0.05, 0) is 46.1 Å². The molecule has 1 N–H and O–H groups in total. The molecule has 3 aromatic heterocycles. The van der Waals surface area contributed by atoms with Crippen LogP contribution in [0.4, 0.5) is 5.69 Å². The van der Waals surface area contributed by atoms with Gasteiger partial charge in [0.2, 0.25) is 0 Å². The zero-order chi connectivity index (χ0) is 16.4. The molecule has 1 amide bonds. The summed E-state index contributed by atoms with van der Waals surface area (Å²) in [6.45, 7) is 4.27. The van der Waals surface area contributed by atoms with Crippen LogP contribution < -0.4 is 5.32 Å². The van der Waals surface area contributed by atoms with E-state index in [-0.39, 0.29) is 5.91 Å². The summed E-state index contributed by atoms with van der Waals surface area (Å²) in [5.74, 6) is 1.13. The molecular formula is C17H17BrN4O. The predicted molar refractivity (Wildman–Crippen MR) is 93.6 cm³/mol. The maximum atomic E-state index is 12.6. The number of rotatable bonds is 4. The fraction of sp³-hybridized carbons (Fsp3) is 0.235. The van der Waals surface area contributed by atoms with Crippen LogP contribution >= 0.6 is 15.9 Å². The molecule has 6 heteroatoms. The van der Waals surface area contributed by atoms with Gasteiger partial charge in [0, 0.05) is 12.6 Å². The highest BCUT2D eigenvalue weighted by Crippen LogP contribution is 2.18. The fourth-order valence-electron chi connectivity index (χ4n) is 2.42. The van der Waals surface area contributed by atoms with Crippen LogP contribution in [0.1, 0.15) is 30.2 Å². The van der Waals surface area contributed by atoms with Gasteiger partial charge in [-0.3, -0.25) is 4.79 Å². The number of hydrogen-bond acceptors (Lipinski definition) is 3. The number of amides is 1. The molecule has 0 saturated carbocycles. The largest absolute Gasteiger partial charge is 0.319 e. The van der Waals surface area contributed by atoms with Gasteiger partial charge in [-0.15, -0.1) is 0 Å². The van der Waals surface area contributed by atoms with E-state index >= 15 is 0 Å². The predicted octanol–water partition coefficient (Wildman–Crippen LogP) is 3.94. The average molecular weight is 373 g/mol. The summed E-state index contributed by atoms with van der Waals surface area (Å²) in [6, 6.07) is 9.34. The van der Waals surface area contributed by atoms with Gasteiger partial charge in [-0.25, -0.2) is 9.97 Å². The van der Waals surface area contributed by atoms with E-state index in [0.29, 0.717) is 17.3 Å². The summed E-state index contributed by atoms with van der Waals surface area (Å²) in [5.41, 5.74) is 1.88. The number of halogens is 1. The standard InChI is InChI=1S/C17H17BrN4O/c1-11(2)9-15-21-16(13-5-3-4-8-22(13)15)17(23)20-12-6-7-14(18)19-10-12/h3-8,10-11H,9H2,1-2H3,(H,20,23). The SMILES string of the molecule is CC(C)Cc1nc(C(=O)Nc2ccc(Br)nc2)c2ccccn12. The molecule has 3 aromatic rings. The van der Waals surface area contributed by atoms with Crippen LogP contribution in [0.3, 0.4) is 0 Å². The minimum absolute atomic E-state index is 0.229. The highest BCUT2D eigenvalue weighted by atomic mass is 79.9. The quantitative estimate of drug-likeness (QED) is 0.705. The molecular weight excluding hydrogens is 356 g/mol. The summed E-state index contributed by atoms with van der Waals surface area (Å²) in [6.07, 6.45) is 4.37. The molecule has 0 saturated heterocycles. The van der Waals surface area contributed by atoms with Gasteiger partial charge in [0.1, 0.15) is 10.4 Å². The van der Waals surface area contributed by atoms with E-state index < -0.39 is 0 Å². The van der Waals surface area contributed by atoms with Crippen molar-refractivity contribution in [1.82, 2.24) is 14.4 Å². The van der Waals surface area contributed by atoms with Crippen molar-refractivity contribution in [3.63, 3.8) is 0 Å². The van der Waals surface area contributed by atoms with Crippen molar-refractivity contribution in [3.8, 4) is 0 Å². The Morgan fingerprint density at radius 2 is 2.13 bits per heavy atom. The summed E-state index contributed by atoms with van der Waals surface area (Å²) < 4.78 is 2.71. The van der Waals surface area contributed by atoms with E-state index in [1.165, 1.54) is 0 Å². The Bertz CT molecular complexity index is 839. The Hall–Kier alpha value is -2.21. The Morgan fingerprint density at radius 3 is 2.83 bits per heavy atom. The normalized spacial score (nSPS) is 11.1. The number of nitrogens with one attached hydrogen (secondary N) is 1. The van der Waals surface area contributed by atoms with Crippen LogP contribution in [-0.2, 0) is 6.42 Å². The number of pyridine rings is 2. The third-order valence-electron chi connectivity index (χ3n) is 3.41. The van der Waals surface area contributed by atoms with Crippen molar-refractivity contribution in [2.75, 3.05) is 5.32 Å². The maximum absolute atomic E-state index is 12.6. The highest BCUT2D eigenvalue weighted by molar-refractivity contribution is 9.10. The molecule has 23 heavy (non-hydrogen) atoms. The first kappa shape index (κ1) is 15.7. The van der Waals surface area contributed by atoms with Crippen LogP contribution in [0.2, 0.25) is 0 Å². The number of aromatic nitrogens is 3. The van der Waals surface area contributed by atoms with Crippen molar-refractivity contribution < 1.29 is 4.79 Å². The first-order chi connectivity index (χ1) is 11.0. The lowest BCUT2D eigenvalue weighted by atomic mass is 10.1. The topological polar surface area (TPSA) is 59.3 Å². The van der Waals surface area contributed by atoms with Gasteiger partial charge >= 0.3 is 0 Å². The van der Waals surface area contributed by atoms with Gasteiger partial charge in [0.15, 0.2) is 5.69 Å². The number of carbonyl (C=O) groups excluding carboxylic acids is 1. The molecule has 0 unspecified atom stereocenters. The van der Waals surface area contributed by atoms with Gasteiger partial charge in [0.25, 0.3) is 5.91 Å². The Balaban J connectivity index is 1.95. The van der Waals surface area contributed by atoms with E-state index in [9.17, 15) is 4.79 Å². The smallest absolute Gasteiger partial charge is 0.276 e. The molecule has 0 radical (unpaired) electrons. The summed E-state index contributed by atoms with van der Waals surface area (Å²) >= 11 is 3.28. The molecule has 0 aliphatic rings. The average Bonchev–Trinajstić information content (AvgIpc) is 2.88. The van der Waals surface area contributed by atoms with Gasteiger partial charge in [-0.2, -0.15) is 0 Å². The number of hydrogen-bond donors (Lipinski definition) is 1. The second kappa shape index (κ2) is 6.50. The lowest BCUT2D eigenvalue weighted by molar-refractivity contribution is 0.102. The van der Waals surface area contributed by atoms with Crippen molar-refractivity contribution in [2.24, 2.45) is 5.92 Å². The number of imidazole rings is 1. The zero-order valence-electron chi connectivity index (χ0n) is 13.0. The van der Waals surface area contributed by atoms with E-state index in [2.05, 4.69) is 45.1 Å². The molecule has 0 fully saturated rings. The monoisotopic (exact) mass is 372 g/mol. The third kappa shape index (κ3) is 3.42. The molecule has 118 valence electrons. The molecule has 3 heterocycles. The van der Waals surface area contributed by atoms with Gasteiger partial charge in [0.05, 0.1) is 17.4 Å². The van der Waals surface area contributed by atoms with Gasteiger partial charge in [-0.1, -0.05) is 19.9 Å². The molecule has 0 aliphatic carbocycles. The molecule has 5 nitrogen and oxygen atoms in total. The number of fused-ring (bicyclic) bond motifs is 1. The minimum Gasteiger partial charge on any atom is -0.319 e. The molecule has 0 bridgehead atoms. The van der Waals surface area contributed by atoms with Crippen molar-refractivity contribution in [3.05, 3.63) is 58.8 Å². The lowest BCUT2D eigenvalue weighted by Gasteiger charge is -2.03. The van der Waals surface area contributed by atoms with E-state index in [1.54, 1.807) is 18.3 Å². The summed E-state index contributed by atoms with van der Waals surface area (Å²) in [7, 11) is 0. The van der Waals surface area contributed by atoms with Crippen LogP contribution in [0.5, 0.6) is 0 Å². The summed E-state index contributed by atoms with van der Waals surface area (Å²) in [4.78, 5) is 21.3. The lowest BCUT2D eigenvalue weighted by Crippen LogP contribution is -2.13. The van der Waals surface area contributed by atoms with E-state index in [0.717, 1.165) is 22.4 Å². The van der Waals surface area contributed by atoms with Crippen molar-refractivity contribution in [2.45, 2.75) is 20.3 Å². The zero-order valence-corrected chi connectivity index (χ0v) is 14.5. The maximum Gasteiger partial charge on any atom is 0.276 e. The van der Waals surface area contributed by atoms with Crippen molar-refractivity contribution in [1.29, 1.82) is 0 Å². The van der Waals surface area contributed by atoms with Crippen LogP contribution in [0.25, 0.3) is 5.52 Å². The number of carbonyl (C=O) groups is 1. The van der Waals surface area contributed by atoms with Crippen molar-refractivity contribution >= 4 is 33.0 Å². The van der Waals surface area contributed by atoms with Gasteiger partial charge < -0.3 is 9.72 Å². The Kier molecular flexibility index (Phi) is 4.43. The Labute approximate surface area is 142 Å². The molecule has 0 aromatic carbocycles. The molecule has 0 aliphatic heterocycles. The highest BCUT2D eigenvalue weighted by Gasteiger charge is 2.18. The van der Waals surface area contributed by atoms with Crippen LogP contribution in [0, 0.1) is 5.92 Å². The second-order valence-electron chi connectivity index (χ2n) is 5.75. The minimum atomic E-state index is -0.229. The fourth-order valence-corrected chi connectivity index (χ4v) is 2.65. The van der Waals surface area contributed by atoms with Crippen LogP contribution in [0.15, 0.2) is 47.3 Å². The van der Waals surface area contributed by atoms with E-state index in [1.807, 2.05) is 28.8 Å². The Morgan fingerprint density at radius 1 is 1.30 bits per heavy atom. The number of nitrogens with zero attached hydrogens (tertiary/aromatic N) is 3. The molecule has 0 atom stereocenters. The van der Waals surface area contributed by atoms with E-state index in [4.69, 9.17) is 0 Å². The molecule has 0 spiro atoms. The van der Waals surface area contributed by atoms with Crippen LogP contribution in [-0.4, -0.2) is 20.3 Å². The first-order valence-electron chi connectivity index (χ1n) is 7.43. The number of anilines is 1. The first-order valence-corrected chi connectivity index (χ1v) is 8.23. The second-order valence-corrected chi connectivity index (χ2v) is 6.57.